The minimum absolute atomic E-state index is 0.106. The highest BCUT2D eigenvalue weighted by Gasteiger charge is 2.20. The van der Waals surface area contributed by atoms with Crippen LogP contribution in [0, 0.1) is 6.92 Å². The Hall–Kier alpha value is -3.51. The molecule has 3 heterocycles. The van der Waals surface area contributed by atoms with Gasteiger partial charge < -0.3 is 15.2 Å². The van der Waals surface area contributed by atoms with E-state index in [0.717, 1.165) is 83.5 Å². The lowest BCUT2D eigenvalue weighted by Crippen LogP contribution is -2.23. The first-order valence-electron chi connectivity index (χ1n) is 12.0. The van der Waals surface area contributed by atoms with Gasteiger partial charge in [-0.15, -0.1) is 0 Å². The molecule has 1 fully saturated rings. The molecule has 2 aliphatic rings. The number of aromatic amines is 1. The number of benzene rings is 2. The number of fused-ring (bicyclic) bond motifs is 1. The van der Waals surface area contributed by atoms with Crippen LogP contribution in [0.3, 0.4) is 0 Å². The van der Waals surface area contributed by atoms with Gasteiger partial charge in [-0.05, 0) is 60.7 Å². The Kier molecular flexibility index (Phi) is 6.41. The number of aryl methyl sites for hydroxylation is 1. The predicted octanol–water partition coefficient (Wildman–Crippen LogP) is 4.31. The van der Waals surface area contributed by atoms with Crippen LogP contribution in [0.25, 0.3) is 10.9 Å². The number of anilines is 1. The van der Waals surface area contributed by atoms with Crippen molar-refractivity contribution in [3.8, 4) is 0 Å². The standard InChI is InChI=1S/C28H30N4O2/c1-19-13-28(34)31-25-8-6-20(14-23(19)25)16-27(33)24-15-21(17-29-18-22-5-4-10-30-22)7-9-26(24)32-11-2-3-12-32/h4,6-10,13-15,29H,2-3,5,11-12,16-18H2,1H3,(H,31,34). The molecule has 2 aliphatic heterocycles. The number of aromatic nitrogens is 1. The van der Waals surface area contributed by atoms with Gasteiger partial charge in [-0.1, -0.05) is 18.2 Å². The van der Waals surface area contributed by atoms with Crippen LogP contribution < -0.4 is 15.8 Å². The molecular formula is C28H30N4O2. The summed E-state index contributed by atoms with van der Waals surface area (Å²) in [5.41, 5.74) is 6.63. The van der Waals surface area contributed by atoms with E-state index in [1.807, 2.05) is 31.3 Å². The molecule has 6 nitrogen and oxygen atoms in total. The van der Waals surface area contributed by atoms with Crippen LogP contribution in [0.1, 0.15) is 46.3 Å². The van der Waals surface area contributed by atoms with Crippen molar-refractivity contribution in [2.24, 2.45) is 4.99 Å². The van der Waals surface area contributed by atoms with Gasteiger partial charge in [-0.25, -0.2) is 0 Å². The summed E-state index contributed by atoms with van der Waals surface area (Å²) in [5, 5.41) is 4.43. The highest BCUT2D eigenvalue weighted by molar-refractivity contribution is 6.03. The molecule has 3 aromatic rings. The topological polar surface area (TPSA) is 77.6 Å². The third kappa shape index (κ3) is 4.87. The quantitative estimate of drug-likeness (QED) is 0.497. The third-order valence-corrected chi connectivity index (χ3v) is 6.66. The summed E-state index contributed by atoms with van der Waals surface area (Å²) in [7, 11) is 0. The van der Waals surface area contributed by atoms with E-state index in [2.05, 4.69) is 44.5 Å². The first-order valence-corrected chi connectivity index (χ1v) is 12.0. The second-order valence-electron chi connectivity index (χ2n) is 9.23. The SMILES string of the molecule is Cc1cc(=O)[nH]c2ccc(CC(=O)c3cc(CNCC4=NC=CC4)ccc3N3CCCC3)cc12. The van der Waals surface area contributed by atoms with E-state index < -0.39 is 0 Å². The molecule has 0 amide bonds. The van der Waals surface area contributed by atoms with Crippen molar-refractivity contribution in [3.63, 3.8) is 0 Å². The fourth-order valence-electron chi connectivity index (χ4n) is 4.88. The van der Waals surface area contributed by atoms with Gasteiger partial charge >= 0.3 is 0 Å². The minimum atomic E-state index is -0.106. The Morgan fingerprint density at radius 1 is 1.06 bits per heavy atom. The second kappa shape index (κ2) is 9.77. The summed E-state index contributed by atoms with van der Waals surface area (Å²) >= 11 is 0. The van der Waals surface area contributed by atoms with Crippen molar-refractivity contribution < 1.29 is 4.79 Å². The molecule has 0 aliphatic carbocycles. The van der Waals surface area contributed by atoms with E-state index in [-0.39, 0.29) is 11.3 Å². The summed E-state index contributed by atoms with van der Waals surface area (Å²) in [6.45, 7) is 5.36. The lowest BCUT2D eigenvalue weighted by atomic mass is 9.97. The second-order valence-corrected chi connectivity index (χ2v) is 9.23. The van der Waals surface area contributed by atoms with Gasteiger partial charge in [-0.2, -0.15) is 0 Å². The van der Waals surface area contributed by atoms with E-state index in [1.165, 1.54) is 0 Å². The molecule has 0 bridgehead atoms. The van der Waals surface area contributed by atoms with Crippen molar-refractivity contribution in [1.82, 2.24) is 10.3 Å². The number of pyridine rings is 1. The number of H-pyrrole nitrogens is 1. The first-order chi connectivity index (χ1) is 16.6. The Morgan fingerprint density at radius 3 is 2.68 bits per heavy atom. The Labute approximate surface area is 199 Å². The monoisotopic (exact) mass is 454 g/mol. The van der Waals surface area contributed by atoms with Crippen LogP contribution in [0.15, 0.2) is 64.5 Å². The van der Waals surface area contributed by atoms with Crippen LogP contribution in [-0.4, -0.2) is 36.1 Å². The maximum atomic E-state index is 13.6. The highest BCUT2D eigenvalue weighted by Crippen LogP contribution is 2.28. The molecule has 2 aromatic carbocycles. The van der Waals surface area contributed by atoms with Crippen LogP contribution in [0.5, 0.6) is 0 Å². The average Bonchev–Trinajstić information content (AvgIpc) is 3.54. The Morgan fingerprint density at radius 2 is 1.88 bits per heavy atom. The number of rotatable bonds is 8. The molecule has 0 unspecified atom stereocenters. The van der Waals surface area contributed by atoms with E-state index in [9.17, 15) is 9.59 Å². The summed E-state index contributed by atoms with van der Waals surface area (Å²) < 4.78 is 0. The van der Waals surface area contributed by atoms with Crippen molar-refractivity contribution in [3.05, 3.63) is 87.3 Å². The molecule has 1 saturated heterocycles. The number of nitrogens with one attached hydrogen (secondary N) is 2. The van der Waals surface area contributed by atoms with Gasteiger partial charge in [0.1, 0.15) is 0 Å². The van der Waals surface area contributed by atoms with E-state index in [0.29, 0.717) is 13.0 Å². The van der Waals surface area contributed by atoms with Gasteiger partial charge in [0.2, 0.25) is 5.56 Å². The Bertz CT molecular complexity index is 1350. The molecule has 6 heteroatoms. The van der Waals surface area contributed by atoms with Gasteiger partial charge in [0.05, 0.1) is 0 Å². The maximum Gasteiger partial charge on any atom is 0.248 e. The predicted molar refractivity (Wildman–Crippen MR) is 138 cm³/mol. The Balaban J connectivity index is 1.38. The number of allylic oxidation sites excluding steroid dienone is 1. The summed E-state index contributed by atoms with van der Waals surface area (Å²) in [5.74, 6) is 0.120. The number of Topliss-reactive ketones (excluding diaryl/α,β-unsaturated/α-hetero) is 1. The molecule has 174 valence electrons. The number of ketones is 1. The van der Waals surface area contributed by atoms with E-state index >= 15 is 0 Å². The van der Waals surface area contributed by atoms with Gasteiger partial charge in [0.25, 0.3) is 0 Å². The molecule has 5 rings (SSSR count). The lowest BCUT2D eigenvalue weighted by molar-refractivity contribution is 0.0993. The van der Waals surface area contributed by atoms with Crippen molar-refractivity contribution in [2.75, 3.05) is 24.5 Å². The van der Waals surface area contributed by atoms with E-state index in [4.69, 9.17) is 0 Å². The molecule has 0 radical (unpaired) electrons. The lowest BCUT2D eigenvalue weighted by Gasteiger charge is -2.22. The number of aliphatic imine (C=N–C) groups is 1. The molecule has 1 aromatic heterocycles. The zero-order valence-corrected chi connectivity index (χ0v) is 19.6. The van der Waals surface area contributed by atoms with Crippen molar-refractivity contribution in [2.45, 2.75) is 39.2 Å². The summed E-state index contributed by atoms with van der Waals surface area (Å²) in [6.07, 6.45) is 7.47. The number of hydrogen-bond acceptors (Lipinski definition) is 5. The van der Waals surface area contributed by atoms with Crippen molar-refractivity contribution in [1.29, 1.82) is 0 Å². The molecule has 2 N–H and O–H groups in total. The normalized spacial score (nSPS) is 15.3. The molecule has 0 spiro atoms. The van der Waals surface area contributed by atoms with Gasteiger partial charge in [-0.3, -0.25) is 14.6 Å². The molecule has 0 atom stereocenters. The van der Waals surface area contributed by atoms with Gasteiger partial charge in [0.15, 0.2) is 5.78 Å². The van der Waals surface area contributed by atoms with Crippen LogP contribution in [-0.2, 0) is 13.0 Å². The van der Waals surface area contributed by atoms with Crippen molar-refractivity contribution >= 4 is 28.1 Å². The smallest absolute Gasteiger partial charge is 0.248 e. The number of carbonyl (C=O) groups is 1. The summed E-state index contributed by atoms with van der Waals surface area (Å²) in [6, 6.07) is 13.8. The fourth-order valence-corrected chi connectivity index (χ4v) is 4.88. The average molecular weight is 455 g/mol. The first kappa shape index (κ1) is 22.3. The van der Waals surface area contributed by atoms with Crippen LogP contribution in [0.2, 0.25) is 0 Å². The third-order valence-electron chi connectivity index (χ3n) is 6.66. The zero-order valence-electron chi connectivity index (χ0n) is 19.6. The minimum Gasteiger partial charge on any atom is -0.371 e. The maximum absolute atomic E-state index is 13.6. The highest BCUT2D eigenvalue weighted by atomic mass is 16.1. The van der Waals surface area contributed by atoms with Gasteiger partial charge in [0, 0.05) is 79.2 Å². The molecule has 34 heavy (non-hydrogen) atoms. The number of hydrogen-bond donors (Lipinski definition) is 2. The number of nitrogens with zero attached hydrogens (tertiary/aromatic N) is 2. The van der Waals surface area contributed by atoms with Crippen LogP contribution >= 0.6 is 0 Å². The molecule has 0 saturated carbocycles. The van der Waals surface area contributed by atoms with E-state index in [1.54, 1.807) is 6.07 Å². The largest absolute Gasteiger partial charge is 0.371 e. The summed E-state index contributed by atoms with van der Waals surface area (Å²) in [4.78, 5) is 34.9. The number of carbonyl (C=O) groups excluding carboxylic acids is 1. The van der Waals surface area contributed by atoms with Crippen LogP contribution in [0.4, 0.5) is 5.69 Å². The zero-order chi connectivity index (χ0) is 23.5. The fraction of sp³-hybridized carbons (Fsp3) is 0.321. The molecular weight excluding hydrogens is 424 g/mol.